The molecule has 0 unspecified atom stereocenters. The Hall–Kier alpha value is -1.88. The summed E-state index contributed by atoms with van der Waals surface area (Å²) < 4.78 is 1.79. The summed E-state index contributed by atoms with van der Waals surface area (Å²) in [5.74, 6) is 0.320. The third-order valence-electron chi connectivity index (χ3n) is 2.41. The minimum Gasteiger partial charge on any atom is -0.366 e. The molecule has 4 nitrogen and oxygen atoms in total. The molecule has 0 fully saturated rings. The zero-order valence-electron chi connectivity index (χ0n) is 8.71. The van der Waals surface area contributed by atoms with E-state index in [9.17, 15) is 0 Å². The highest BCUT2D eigenvalue weighted by molar-refractivity contribution is 7.15. The van der Waals surface area contributed by atoms with E-state index in [0.717, 1.165) is 16.2 Å². The van der Waals surface area contributed by atoms with Gasteiger partial charge in [-0.25, -0.2) is 4.52 Å². The average molecular weight is 230 g/mol. The molecule has 0 aliphatic carbocycles. The molecule has 0 saturated heterocycles. The van der Waals surface area contributed by atoms with Gasteiger partial charge in [0.15, 0.2) is 0 Å². The Morgan fingerprint density at radius 2 is 2.25 bits per heavy atom. The van der Waals surface area contributed by atoms with E-state index in [1.807, 2.05) is 11.4 Å². The maximum Gasteiger partial charge on any atom is 0.241 e. The first-order valence-electron chi connectivity index (χ1n) is 4.91. The largest absolute Gasteiger partial charge is 0.366 e. The average Bonchev–Trinajstić information content (AvgIpc) is 2.76. The molecule has 3 rings (SSSR count). The standard InChI is InChI=1S/C11H10N4S/c1-7-3-2-4-8(5-7)9-6-16-11-13-10(12)14-15(9)11/h2-6H,1H3,(H2,12,14). The van der Waals surface area contributed by atoms with Crippen molar-refractivity contribution in [1.29, 1.82) is 0 Å². The molecular weight excluding hydrogens is 220 g/mol. The van der Waals surface area contributed by atoms with Crippen LogP contribution >= 0.6 is 11.3 Å². The summed E-state index contributed by atoms with van der Waals surface area (Å²) in [6.07, 6.45) is 0. The second-order valence-corrected chi connectivity index (χ2v) is 4.49. The first-order valence-corrected chi connectivity index (χ1v) is 5.79. The quantitative estimate of drug-likeness (QED) is 0.698. The lowest BCUT2D eigenvalue weighted by Crippen LogP contribution is -1.91. The number of hydrogen-bond donors (Lipinski definition) is 1. The molecule has 0 aliphatic heterocycles. The molecule has 0 radical (unpaired) electrons. The van der Waals surface area contributed by atoms with Gasteiger partial charge in [0.05, 0.1) is 5.69 Å². The number of aryl methyl sites for hydroxylation is 1. The minimum absolute atomic E-state index is 0.320. The highest BCUT2D eigenvalue weighted by Crippen LogP contribution is 2.25. The first kappa shape index (κ1) is 9.35. The van der Waals surface area contributed by atoms with Crippen LogP contribution in [0.4, 0.5) is 5.95 Å². The van der Waals surface area contributed by atoms with Gasteiger partial charge < -0.3 is 5.73 Å². The normalized spacial score (nSPS) is 11.1. The van der Waals surface area contributed by atoms with E-state index >= 15 is 0 Å². The van der Waals surface area contributed by atoms with Gasteiger partial charge in [-0.05, 0) is 13.0 Å². The number of anilines is 1. The van der Waals surface area contributed by atoms with Crippen molar-refractivity contribution < 1.29 is 0 Å². The molecule has 2 N–H and O–H groups in total. The van der Waals surface area contributed by atoms with E-state index in [0.29, 0.717) is 5.95 Å². The second-order valence-electron chi connectivity index (χ2n) is 3.65. The van der Waals surface area contributed by atoms with Crippen LogP contribution < -0.4 is 5.73 Å². The number of nitrogens with zero attached hydrogens (tertiary/aromatic N) is 3. The van der Waals surface area contributed by atoms with Gasteiger partial charge in [0.25, 0.3) is 0 Å². The number of aromatic nitrogens is 3. The van der Waals surface area contributed by atoms with Crippen LogP contribution in [-0.4, -0.2) is 14.6 Å². The highest BCUT2D eigenvalue weighted by Gasteiger charge is 2.09. The van der Waals surface area contributed by atoms with Crippen LogP contribution in [0, 0.1) is 6.92 Å². The predicted octanol–water partition coefficient (Wildman–Crippen LogP) is 2.35. The minimum atomic E-state index is 0.320. The Balaban J connectivity index is 2.25. The third-order valence-corrected chi connectivity index (χ3v) is 3.23. The molecule has 0 bridgehead atoms. The van der Waals surface area contributed by atoms with Crippen LogP contribution in [0.3, 0.4) is 0 Å². The van der Waals surface area contributed by atoms with Crippen LogP contribution in [-0.2, 0) is 0 Å². The number of nitrogens with two attached hydrogens (primary N) is 1. The summed E-state index contributed by atoms with van der Waals surface area (Å²) in [6, 6.07) is 8.29. The van der Waals surface area contributed by atoms with Crippen molar-refractivity contribution in [3.05, 3.63) is 35.2 Å². The Labute approximate surface area is 96.4 Å². The summed E-state index contributed by atoms with van der Waals surface area (Å²) in [4.78, 5) is 4.96. The van der Waals surface area contributed by atoms with E-state index in [1.165, 1.54) is 5.56 Å². The number of benzene rings is 1. The van der Waals surface area contributed by atoms with E-state index in [4.69, 9.17) is 5.73 Å². The lowest BCUT2D eigenvalue weighted by atomic mass is 10.1. The van der Waals surface area contributed by atoms with Crippen molar-refractivity contribution in [2.24, 2.45) is 0 Å². The fraction of sp³-hybridized carbons (Fsp3) is 0.0909. The number of nitrogen functional groups attached to an aromatic ring is 1. The maximum absolute atomic E-state index is 5.58. The van der Waals surface area contributed by atoms with Gasteiger partial charge in [0.1, 0.15) is 0 Å². The van der Waals surface area contributed by atoms with Crippen LogP contribution in [0.1, 0.15) is 5.56 Å². The van der Waals surface area contributed by atoms with Gasteiger partial charge in [0.2, 0.25) is 10.9 Å². The monoisotopic (exact) mass is 230 g/mol. The zero-order valence-corrected chi connectivity index (χ0v) is 9.53. The summed E-state index contributed by atoms with van der Waals surface area (Å²) in [7, 11) is 0. The fourth-order valence-electron chi connectivity index (χ4n) is 1.70. The van der Waals surface area contributed by atoms with E-state index in [-0.39, 0.29) is 0 Å². The Morgan fingerprint density at radius 3 is 3.06 bits per heavy atom. The molecule has 0 spiro atoms. The maximum atomic E-state index is 5.58. The van der Waals surface area contributed by atoms with E-state index < -0.39 is 0 Å². The van der Waals surface area contributed by atoms with Gasteiger partial charge in [-0.3, -0.25) is 0 Å². The number of thiazole rings is 1. The van der Waals surface area contributed by atoms with Crippen LogP contribution in [0.2, 0.25) is 0 Å². The summed E-state index contributed by atoms with van der Waals surface area (Å²) in [5, 5.41) is 6.22. The van der Waals surface area contributed by atoms with Crippen molar-refractivity contribution in [2.75, 3.05) is 5.73 Å². The summed E-state index contributed by atoms with van der Waals surface area (Å²) in [5.41, 5.74) is 8.97. The predicted molar refractivity (Wildman–Crippen MR) is 65.4 cm³/mol. The molecule has 16 heavy (non-hydrogen) atoms. The zero-order chi connectivity index (χ0) is 11.1. The van der Waals surface area contributed by atoms with Crippen molar-refractivity contribution in [3.63, 3.8) is 0 Å². The van der Waals surface area contributed by atoms with Gasteiger partial charge in [-0.2, -0.15) is 4.98 Å². The SMILES string of the molecule is Cc1cccc(-c2csc3nc(N)nn23)c1. The van der Waals surface area contributed by atoms with Crippen LogP contribution in [0.5, 0.6) is 0 Å². The van der Waals surface area contributed by atoms with Crippen molar-refractivity contribution in [3.8, 4) is 11.3 Å². The Kier molecular flexibility index (Phi) is 1.94. The lowest BCUT2D eigenvalue weighted by molar-refractivity contribution is 0.992. The second kappa shape index (κ2) is 3.31. The van der Waals surface area contributed by atoms with Gasteiger partial charge >= 0.3 is 0 Å². The molecule has 0 aliphatic rings. The molecule has 0 atom stereocenters. The number of fused-ring (bicyclic) bond motifs is 1. The molecule has 0 amide bonds. The van der Waals surface area contributed by atoms with Crippen molar-refractivity contribution in [1.82, 2.24) is 14.6 Å². The topological polar surface area (TPSA) is 56.2 Å². The first-order chi connectivity index (χ1) is 7.74. The van der Waals surface area contributed by atoms with Gasteiger partial charge in [-0.15, -0.1) is 16.4 Å². The van der Waals surface area contributed by atoms with Crippen LogP contribution in [0.15, 0.2) is 29.6 Å². The van der Waals surface area contributed by atoms with Crippen LogP contribution in [0.25, 0.3) is 16.2 Å². The molecule has 80 valence electrons. The lowest BCUT2D eigenvalue weighted by Gasteiger charge is -1.99. The fourth-order valence-corrected chi connectivity index (χ4v) is 2.54. The van der Waals surface area contributed by atoms with Gasteiger partial charge in [-0.1, -0.05) is 23.8 Å². The van der Waals surface area contributed by atoms with Gasteiger partial charge in [0, 0.05) is 10.9 Å². The molecule has 3 aromatic rings. The van der Waals surface area contributed by atoms with E-state index in [2.05, 4.69) is 35.2 Å². The number of hydrogen-bond acceptors (Lipinski definition) is 4. The third kappa shape index (κ3) is 1.37. The summed E-state index contributed by atoms with van der Waals surface area (Å²) in [6.45, 7) is 2.07. The van der Waals surface area contributed by atoms with E-state index in [1.54, 1.807) is 15.9 Å². The molecule has 1 aromatic carbocycles. The molecular formula is C11H10N4S. The van der Waals surface area contributed by atoms with Crippen molar-refractivity contribution >= 4 is 22.2 Å². The molecule has 0 saturated carbocycles. The highest BCUT2D eigenvalue weighted by atomic mass is 32.1. The molecule has 5 heteroatoms. The smallest absolute Gasteiger partial charge is 0.241 e. The molecule has 2 aromatic heterocycles. The Bertz CT molecular complexity index is 653. The molecule has 2 heterocycles. The Morgan fingerprint density at radius 1 is 1.38 bits per heavy atom. The summed E-state index contributed by atoms with van der Waals surface area (Å²) >= 11 is 1.54. The van der Waals surface area contributed by atoms with Crippen molar-refractivity contribution in [2.45, 2.75) is 6.92 Å². The number of rotatable bonds is 1.